The van der Waals surface area contributed by atoms with Crippen molar-refractivity contribution < 1.29 is 4.79 Å². The van der Waals surface area contributed by atoms with Gasteiger partial charge in [-0.2, -0.15) is 11.8 Å². The fraction of sp³-hybridized carbons (Fsp3) is 0.667. The molecular formula is C9H16N2OS. The summed E-state index contributed by atoms with van der Waals surface area (Å²) in [6.45, 7) is 2.34. The molecule has 1 unspecified atom stereocenters. The highest BCUT2D eigenvalue weighted by Crippen LogP contribution is 2.02. The number of nitrogens with two attached hydrogens (primary N) is 1. The van der Waals surface area contributed by atoms with Gasteiger partial charge >= 0.3 is 0 Å². The Morgan fingerprint density at radius 2 is 2.46 bits per heavy atom. The standard InChI is InChI=1S/C9H16N2OS/c1-3-5-11-9(12)7-13-6-8(10)4-2/h1,8H,4-7,10H2,2H3,(H,11,12). The smallest absolute Gasteiger partial charge is 0.230 e. The van der Waals surface area contributed by atoms with Crippen molar-refractivity contribution in [2.75, 3.05) is 18.1 Å². The van der Waals surface area contributed by atoms with Gasteiger partial charge < -0.3 is 11.1 Å². The van der Waals surface area contributed by atoms with Crippen LogP contribution in [0.25, 0.3) is 0 Å². The number of carbonyl (C=O) groups excluding carboxylic acids is 1. The van der Waals surface area contributed by atoms with E-state index in [-0.39, 0.29) is 11.9 Å². The Bertz CT molecular complexity index is 189. The third-order valence-corrected chi connectivity index (χ3v) is 2.61. The number of terminal acetylenes is 1. The molecule has 13 heavy (non-hydrogen) atoms. The van der Waals surface area contributed by atoms with Crippen molar-refractivity contribution in [1.82, 2.24) is 5.32 Å². The fourth-order valence-corrected chi connectivity index (χ4v) is 1.57. The molecule has 0 aliphatic carbocycles. The van der Waals surface area contributed by atoms with Crippen molar-refractivity contribution in [3.8, 4) is 12.3 Å². The first-order valence-electron chi connectivity index (χ1n) is 4.24. The second kappa shape index (κ2) is 7.96. The maximum Gasteiger partial charge on any atom is 0.230 e. The lowest BCUT2D eigenvalue weighted by Crippen LogP contribution is -2.27. The number of nitrogens with one attached hydrogen (secondary N) is 1. The predicted octanol–water partition coefficient (Wildman–Crippen LogP) is 0.206. The predicted molar refractivity (Wildman–Crippen MR) is 57.4 cm³/mol. The van der Waals surface area contributed by atoms with Gasteiger partial charge in [0.25, 0.3) is 0 Å². The zero-order chi connectivity index (χ0) is 10.1. The maximum absolute atomic E-state index is 11.0. The van der Waals surface area contributed by atoms with Gasteiger partial charge in [0.1, 0.15) is 0 Å². The van der Waals surface area contributed by atoms with Gasteiger partial charge in [-0.05, 0) is 6.42 Å². The molecule has 0 spiro atoms. The summed E-state index contributed by atoms with van der Waals surface area (Å²) < 4.78 is 0. The molecule has 0 aromatic heterocycles. The van der Waals surface area contributed by atoms with E-state index < -0.39 is 0 Å². The molecule has 0 aromatic carbocycles. The van der Waals surface area contributed by atoms with Crippen molar-refractivity contribution in [2.24, 2.45) is 5.73 Å². The number of rotatable bonds is 6. The molecule has 0 fully saturated rings. The van der Waals surface area contributed by atoms with Crippen LogP contribution in [0.3, 0.4) is 0 Å². The highest BCUT2D eigenvalue weighted by atomic mass is 32.2. The highest BCUT2D eigenvalue weighted by Gasteiger charge is 2.02. The largest absolute Gasteiger partial charge is 0.344 e. The van der Waals surface area contributed by atoms with Crippen LogP contribution in [0.15, 0.2) is 0 Å². The van der Waals surface area contributed by atoms with Gasteiger partial charge in [0.2, 0.25) is 5.91 Å². The second-order valence-corrected chi connectivity index (χ2v) is 3.69. The van der Waals surface area contributed by atoms with E-state index in [1.165, 1.54) is 11.8 Å². The molecule has 0 aliphatic heterocycles. The van der Waals surface area contributed by atoms with E-state index in [0.717, 1.165) is 12.2 Å². The van der Waals surface area contributed by atoms with Crippen molar-refractivity contribution >= 4 is 17.7 Å². The van der Waals surface area contributed by atoms with E-state index >= 15 is 0 Å². The van der Waals surface area contributed by atoms with Gasteiger partial charge in [-0.15, -0.1) is 6.42 Å². The van der Waals surface area contributed by atoms with Crippen LogP contribution in [0.4, 0.5) is 0 Å². The summed E-state index contributed by atoms with van der Waals surface area (Å²) in [6, 6.07) is 0.186. The summed E-state index contributed by atoms with van der Waals surface area (Å²) in [7, 11) is 0. The van der Waals surface area contributed by atoms with Crippen LogP contribution in [-0.2, 0) is 4.79 Å². The number of thioether (sulfide) groups is 1. The lowest BCUT2D eigenvalue weighted by atomic mass is 10.3. The molecule has 3 N–H and O–H groups in total. The third-order valence-electron chi connectivity index (χ3n) is 1.48. The van der Waals surface area contributed by atoms with Gasteiger partial charge in [-0.25, -0.2) is 0 Å². The first-order chi connectivity index (χ1) is 6.20. The Balaban J connectivity index is 3.32. The Labute approximate surface area is 83.8 Å². The summed E-state index contributed by atoms with van der Waals surface area (Å²) in [5, 5.41) is 2.59. The van der Waals surface area contributed by atoms with Crippen LogP contribution < -0.4 is 11.1 Å². The zero-order valence-electron chi connectivity index (χ0n) is 7.88. The van der Waals surface area contributed by atoms with Gasteiger partial charge in [0.05, 0.1) is 12.3 Å². The van der Waals surface area contributed by atoms with Crippen molar-refractivity contribution in [1.29, 1.82) is 0 Å². The van der Waals surface area contributed by atoms with E-state index in [2.05, 4.69) is 11.2 Å². The summed E-state index contributed by atoms with van der Waals surface area (Å²) >= 11 is 1.54. The molecule has 1 atom stereocenters. The minimum atomic E-state index is -0.0220. The lowest BCUT2D eigenvalue weighted by Gasteiger charge is -2.07. The van der Waals surface area contributed by atoms with Gasteiger partial charge in [0.15, 0.2) is 0 Å². The highest BCUT2D eigenvalue weighted by molar-refractivity contribution is 7.99. The summed E-state index contributed by atoms with van der Waals surface area (Å²) in [5.41, 5.74) is 5.67. The molecule has 0 rings (SSSR count). The van der Waals surface area contributed by atoms with E-state index in [1.807, 2.05) is 6.92 Å². The monoisotopic (exact) mass is 200 g/mol. The first kappa shape index (κ1) is 12.3. The molecule has 0 aliphatic rings. The molecule has 0 radical (unpaired) electrons. The SMILES string of the molecule is C#CCNC(=O)CSCC(N)CC. The average molecular weight is 200 g/mol. The minimum absolute atomic E-state index is 0.0220. The third kappa shape index (κ3) is 7.69. The molecule has 0 saturated heterocycles. The molecule has 4 heteroatoms. The van der Waals surface area contributed by atoms with Gasteiger partial charge in [-0.3, -0.25) is 4.79 Å². The van der Waals surface area contributed by atoms with Crippen LogP contribution in [0, 0.1) is 12.3 Å². The van der Waals surface area contributed by atoms with Crippen LogP contribution in [0.1, 0.15) is 13.3 Å². The van der Waals surface area contributed by atoms with Crippen LogP contribution >= 0.6 is 11.8 Å². The van der Waals surface area contributed by atoms with Gasteiger partial charge in [-0.1, -0.05) is 12.8 Å². The average Bonchev–Trinajstić information content (AvgIpc) is 2.14. The topological polar surface area (TPSA) is 55.1 Å². The minimum Gasteiger partial charge on any atom is -0.344 e. The van der Waals surface area contributed by atoms with E-state index in [4.69, 9.17) is 12.2 Å². The summed E-state index contributed by atoms with van der Waals surface area (Å²) in [4.78, 5) is 11.0. The Morgan fingerprint density at radius 3 is 3.00 bits per heavy atom. The number of carbonyl (C=O) groups is 1. The number of hydrogen-bond acceptors (Lipinski definition) is 3. The molecule has 3 nitrogen and oxygen atoms in total. The van der Waals surface area contributed by atoms with Crippen LogP contribution in [-0.4, -0.2) is 30.0 Å². The molecule has 0 saturated carbocycles. The van der Waals surface area contributed by atoms with E-state index in [1.54, 1.807) is 0 Å². The zero-order valence-corrected chi connectivity index (χ0v) is 8.69. The summed E-state index contributed by atoms with van der Waals surface area (Å²) in [5.74, 6) is 3.58. The van der Waals surface area contributed by atoms with E-state index in [9.17, 15) is 4.79 Å². The molecule has 1 amide bonds. The Morgan fingerprint density at radius 1 is 1.77 bits per heavy atom. The molecular weight excluding hydrogens is 184 g/mol. The Hall–Kier alpha value is -0.660. The Kier molecular flexibility index (Phi) is 7.56. The van der Waals surface area contributed by atoms with Crippen molar-refractivity contribution in [3.63, 3.8) is 0 Å². The lowest BCUT2D eigenvalue weighted by molar-refractivity contribution is -0.118. The first-order valence-corrected chi connectivity index (χ1v) is 5.39. The normalized spacial score (nSPS) is 11.8. The van der Waals surface area contributed by atoms with Crippen molar-refractivity contribution in [2.45, 2.75) is 19.4 Å². The molecule has 0 heterocycles. The van der Waals surface area contributed by atoms with E-state index in [0.29, 0.717) is 12.3 Å². The summed E-state index contributed by atoms with van der Waals surface area (Å²) in [6.07, 6.45) is 5.93. The molecule has 0 bridgehead atoms. The maximum atomic E-state index is 11.0. The molecule has 0 aromatic rings. The quantitative estimate of drug-likeness (QED) is 0.603. The second-order valence-electron chi connectivity index (χ2n) is 2.66. The van der Waals surface area contributed by atoms with Gasteiger partial charge in [0, 0.05) is 11.8 Å². The van der Waals surface area contributed by atoms with Crippen molar-refractivity contribution in [3.05, 3.63) is 0 Å². The number of hydrogen-bond donors (Lipinski definition) is 2. The van der Waals surface area contributed by atoms with Crippen LogP contribution in [0.5, 0.6) is 0 Å². The fourth-order valence-electron chi connectivity index (χ4n) is 0.621. The number of amides is 1. The van der Waals surface area contributed by atoms with Crippen LogP contribution in [0.2, 0.25) is 0 Å². The molecule has 74 valence electrons.